The van der Waals surface area contributed by atoms with Crippen LogP contribution in [0.1, 0.15) is 148 Å². The summed E-state index contributed by atoms with van der Waals surface area (Å²) in [5.41, 5.74) is 0. The second-order valence-corrected chi connectivity index (χ2v) is 14.3. The molecule has 328 valence electrons. The third-order valence-electron chi connectivity index (χ3n) is 9.17. The number of unbranched alkanes of at least 4 members (excludes halogenated alkanes) is 15. The molecule has 0 heterocycles. The highest BCUT2D eigenvalue weighted by molar-refractivity contribution is 5.84. The zero-order chi connectivity index (χ0) is 41.2. The van der Waals surface area contributed by atoms with Crippen LogP contribution in [-0.4, -0.2) is 125 Å². The van der Waals surface area contributed by atoms with Crippen molar-refractivity contribution in [2.75, 3.05) is 85.8 Å². The molecule has 0 spiro atoms. The maximum Gasteiger partial charge on any atom is 0.306 e. The van der Waals surface area contributed by atoms with Crippen molar-refractivity contribution in [2.24, 2.45) is 5.92 Å². The number of rotatable bonds is 46. The Bertz CT molecular complexity index is 965. The number of ketones is 2. The monoisotopic (exact) mass is 804 g/mol. The molecule has 0 aromatic rings. The lowest BCUT2D eigenvalue weighted by Gasteiger charge is -2.12. The molecule has 0 aromatic heterocycles. The number of hydrogen-bond donors (Lipinski definition) is 3. The van der Waals surface area contributed by atoms with Crippen LogP contribution in [0.3, 0.4) is 0 Å². The van der Waals surface area contributed by atoms with Crippen molar-refractivity contribution < 1.29 is 62.6 Å². The molecule has 0 aromatic carbocycles. The van der Waals surface area contributed by atoms with Crippen molar-refractivity contribution in [2.45, 2.75) is 148 Å². The molecule has 56 heavy (non-hydrogen) atoms. The topological polar surface area (TPSA) is 193 Å². The summed E-state index contributed by atoms with van der Waals surface area (Å²) in [6.07, 6.45) is 19.5. The SMILES string of the molecule is CC(=O)CCOCCOCCOCCOCCOCCOCCNC(=O)CC[C@H](CC(=O)CCCCCCCCCCCCCCCCCCC(=O)O)C(=O)O. The van der Waals surface area contributed by atoms with Gasteiger partial charge in [-0.1, -0.05) is 89.9 Å². The standard InChI is InChI=1S/C42H77NO13/c1-37(44)22-24-51-26-28-53-30-32-55-34-35-56-33-31-54-29-27-52-25-23-43-40(46)21-20-38(42(49)50)36-39(45)18-16-14-12-10-8-6-4-2-3-5-7-9-11-13-15-17-19-41(47)48/h38H,2-36H2,1H3,(H,43,46)(H,47,48)(H,49,50)/t38-/m1/s1. The lowest BCUT2D eigenvalue weighted by Crippen LogP contribution is -2.29. The minimum atomic E-state index is -1.04. The van der Waals surface area contributed by atoms with Gasteiger partial charge >= 0.3 is 11.9 Å². The van der Waals surface area contributed by atoms with Crippen molar-refractivity contribution in [1.82, 2.24) is 5.32 Å². The number of carboxylic acid groups (broad SMARTS) is 2. The van der Waals surface area contributed by atoms with Gasteiger partial charge in [0, 0.05) is 38.6 Å². The van der Waals surface area contributed by atoms with Gasteiger partial charge in [0.2, 0.25) is 5.91 Å². The normalized spacial score (nSPS) is 11.8. The summed E-state index contributed by atoms with van der Waals surface area (Å²) in [6, 6.07) is 0. The molecule has 3 N–H and O–H groups in total. The average molecular weight is 804 g/mol. The highest BCUT2D eigenvalue weighted by atomic mass is 16.6. The van der Waals surface area contributed by atoms with Gasteiger partial charge in [-0.05, 0) is 26.2 Å². The third-order valence-corrected chi connectivity index (χ3v) is 9.17. The van der Waals surface area contributed by atoms with Crippen molar-refractivity contribution >= 4 is 29.4 Å². The molecule has 0 bridgehead atoms. The number of hydrogen-bond acceptors (Lipinski definition) is 11. The Morgan fingerprint density at radius 2 is 0.804 bits per heavy atom. The zero-order valence-corrected chi connectivity index (χ0v) is 34.7. The number of carbonyl (C=O) groups is 5. The Hall–Kier alpha value is -2.49. The van der Waals surface area contributed by atoms with E-state index in [0.29, 0.717) is 105 Å². The lowest BCUT2D eigenvalue weighted by atomic mass is 9.94. The number of amides is 1. The number of ether oxygens (including phenoxy) is 6. The first kappa shape index (κ1) is 53.5. The van der Waals surface area contributed by atoms with Crippen LogP contribution in [0.2, 0.25) is 0 Å². The summed E-state index contributed by atoms with van der Waals surface area (Å²) in [5, 5.41) is 21.0. The minimum Gasteiger partial charge on any atom is -0.481 e. The van der Waals surface area contributed by atoms with Gasteiger partial charge in [-0.25, -0.2) is 0 Å². The van der Waals surface area contributed by atoms with Crippen LogP contribution in [0.4, 0.5) is 0 Å². The molecule has 14 nitrogen and oxygen atoms in total. The number of nitrogens with one attached hydrogen (secondary N) is 1. The van der Waals surface area contributed by atoms with Crippen LogP contribution in [0.5, 0.6) is 0 Å². The van der Waals surface area contributed by atoms with E-state index in [9.17, 15) is 29.1 Å². The summed E-state index contributed by atoms with van der Waals surface area (Å²) in [4.78, 5) is 57.6. The fraction of sp³-hybridized carbons (Fsp3) is 0.881. The first-order valence-corrected chi connectivity index (χ1v) is 21.4. The summed E-state index contributed by atoms with van der Waals surface area (Å²) in [6.45, 7) is 6.92. The van der Waals surface area contributed by atoms with Gasteiger partial charge < -0.3 is 44.0 Å². The summed E-state index contributed by atoms with van der Waals surface area (Å²) in [7, 11) is 0. The number of carboxylic acids is 2. The molecule has 0 saturated carbocycles. The third kappa shape index (κ3) is 42.6. The van der Waals surface area contributed by atoms with E-state index in [-0.39, 0.29) is 36.7 Å². The van der Waals surface area contributed by atoms with Gasteiger partial charge in [-0.2, -0.15) is 0 Å². The van der Waals surface area contributed by atoms with Gasteiger partial charge in [-0.15, -0.1) is 0 Å². The summed E-state index contributed by atoms with van der Waals surface area (Å²) in [5.74, 6) is -2.79. The quantitative estimate of drug-likeness (QED) is 0.0550. The van der Waals surface area contributed by atoms with E-state index in [1.165, 1.54) is 64.7 Å². The Balaban J connectivity index is 3.53. The fourth-order valence-electron chi connectivity index (χ4n) is 5.84. The Morgan fingerprint density at radius 3 is 1.18 bits per heavy atom. The predicted molar refractivity (Wildman–Crippen MR) is 214 cm³/mol. The second kappa shape index (κ2) is 42.1. The molecule has 14 heteroatoms. The predicted octanol–water partition coefficient (Wildman–Crippen LogP) is 6.73. The smallest absolute Gasteiger partial charge is 0.306 e. The van der Waals surface area contributed by atoms with Crippen LogP contribution < -0.4 is 5.32 Å². The first-order chi connectivity index (χ1) is 27.2. The van der Waals surface area contributed by atoms with E-state index in [1.807, 2.05) is 0 Å². The van der Waals surface area contributed by atoms with Crippen LogP contribution in [0.15, 0.2) is 0 Å². The van der Waals surface area contributed by atoms with Crippen molar-refractivity contribution in [3.63, 3.8) is 0 Å². The fourth-order valence-corrected chi connectivity index (χ4v) is 5.84. The van der Waals surface area contributed by atoms with E-state index in [1.54, 1.807) is 0 Å². The number of Topliss-reactive ketones (excluding diaryl/α,β-unsaturated/α-hetero) is 2. The highest BCUT2D eigenvalue weighted by Gasteiger charge is 2.22. The van der Waals surface area contributed by atoms with Crippen LogP contribution in [-0.2, 0) is 52.4 Å². The maximum absolute atomic E-state index is 12.4. The average Bonchev–Trinajstić information content (AvgIpc) is 3.16. The molecule has 0 rings (SSSR count). The summed E-state index contributed by atoms with van der Waals surface area (Å²) < 4.78 is 32.4. The number of aliphatic carboxylic acids is 2. The van der Waals surface area contributed by atoms with Gasteiger partial charge in [-0.3, -0.25) is 24.0 Å². The molecular weight excluding hydrogens is 726 g/mol. The Labute approximate surface area is 336 Å². The van der Waals surface area contributed by atoms with E-state index in [2.05, 4.69) is 5.32 Å². The maximum atomic E-state index is 12.4. The van der Waals surface area contributed by atoms with E-state index in [0.717, 1.165) is 44.9 Å². The first-order valence-electron chi connectivity index (χ1n) is 21.4. The van der Waals surface area contributed by atoms with E-state index < -0.39 is 17.9 Å². The molecule has 0 aliphatic heterocycles. The van der Waals surface area contributed by atoms with Crippen molar-refractivity contribution in [1.29, 1.82) is 0 Å². The van der Waals surface area contributed by atoms with Gasteiger partial charge in [0.15, 0.2) is 0 Å². The summed E-state index contributed by atoms with van der Waals surface area (Å²) >= 11 is 0. The zero-order valence-electron chi connectivity index (χ0n) is 34.7. The van der Waals surface area contributed by atoms with Gasteiger partial charge in [0.05, 0.1) is 85.2 Å². The number of carbonyl (C=O) groups excluding carboxylic acids is 3. The van der Waals surface area contributed by atoms with Crippen LogP contribution in [0, 0.1) is 5.92 Å². The molecule has 0 fully saturated rings. The van der Waals surface area contributed by atoms with Gasteiger partial charge in [0.1, 0.15) is 11.6 Å². The minimum absolute atomic E-state index is 0.0324. The molecule has 0 aliphatic rings. The molecule has 0 saturated heterocycles. The molecule has 1 amide bonds. The molecular formula is C42H77NO13. The lowest BCUT2D eigenvalue weighted by molar-refractivity contribution is -0.144. The second-order valence-electron chi connectivity index (χ2n) is 14.3. The Kier molecular flexibility index (Phi) is 40.3. The van der Waals surface area contributed by atoms with E-state index >= 15 is 0 Å². The van der Waals surface area contributed by atoms with Crippen LogP contribution in [0.25, 0.3) is 0 Å². The molecule has 0 radical (unpaired) electrons. The van der Waals surface area contributed by atoms with Gasteiger partial charge in [0.25, 0.3) is 0 Å². The van der Waals surface area contributed by atoms with E-state index in [4.69, 9.17) is 33.5 Å². The Morgan fingerprint density at radius 1 is 0.446 bits per heavy atom. The van der Waals surface area contributed by atoms with Crippen molar-refractivity contribution in [3.8, 4) is 0 Å². The molecule has 1 atom stereocenters. The largest absolute Gasteiger partial charge is 0.481 e. The molecule has 0 unspecified atom stereocenters. The molecule has 0 aliphatic carbocycles. The van der Waals surface area contributed by atoms with Crippen LogP contribution >= 0.6 is 0 Å². The van der Waals surface area contributed by atoms with Crippen molar-refractivity contribution in [3.05, 3.63) is 0 Å². The highest BCUT2D eigenvalue weighted by Crippen LogP contribution is 2.17.